The van der Waals surface area contributed by atoms with Gasteiger partial charge in [0, 0.05) is 40.0 Å². The van der Waals surface area contributed by atoms with Crippen molar-refractivity contribution in [1.29, 1.82) is 0 Å². The summed E-state index contributed by atoms with van der Waals surface area (Å²) in [5, 5.41) is 2.24. The lowest BCUT2D eigenvalue weighted by molar-refractivity contribution is 0.670. The van der Waals surface area contributed by atoms with E-state index >= 15 is 0 Å². The van der Waals surface area contributed by atoms with Gasteiger partial charge in [0.05, 0.1) is 16.6 Å². The van der Waals surface area contributed by atoms with E-state index in [4.69, 9.17) is 19.4 Å². The van der Waals surface area contributed by atoms with Crippen LogP contribution in [0, 0.1) is 0 Å². The Morgan fingerprint density at radius 1 is 0.500 bits per heavy atom. The number of hydrogen-bond acceptors (Lipinski definition) is 4. The van der Waals surface area contributed by atoms with Crippen LogP contribution in [-0.2, 0) is 0 Å². The zero-order valence-corrected chi connectivity index (χ0v) is 24.7. The molecular weight excluding hydrogens is 564 g/mol. The Hall–Kier alpha value is -6.33. The fraction of sp³-hybridized carbons (Fsp3) is 0. The molecule has 0 fully saturated rings. The largest absolute Gasteiger partial charge is 0.455 e. The first kappa shape index (κ1) is 26.1. The summed E-state index contributed by atoms with van der Waals surface area (Å²) < 4.78 is 8.66. The van der Waals surface area contributed by atoms with Crippen molar-refractivity contribution < 1.29 is 4.42 Å². The highest BCUT2D eigenvalue weighted by atomic mass is 16.3. The quantitative estimate of drug-likeness (QED) is 0.200. The second-order valence-corrected chi connectivity index (χ2v) is 11.3. The van der Waals surface area contributed by atoms with Crippen LogP contribution < -0.4 is 0 Å². The Balaban J connectivity index is 1.07. The summed E-state index contributed by atoms with van der Waals surface area (Å²) in [6.45, 7) is 0. The molecule has 0 saturated heterocycles. The number of nitrogens with zero attached hydrogens (tertiary/aromatic N) is 4. The van der Waals surface area contributed by atoms with Crippen molar-refractivity contribution in [1.82, 2.24) is 19.5 Å². The van der Waals surface area contributed by atoms with E-state index in [9.17, 15) is 0 Å². The third-order valence-corrected chi connectivity index (χ3v) is 8.55. The van der Waals surface area contributed by atoms with Crippen LogP contribution in [0.4, 0.5) is 0 Å². The molecule has 0 saturated carbocycles. The lowest BCUT2D eigenvalue weighted by Gasteiger charge is -2.09. The van der Waals surface area contributed by atoms with Crippen molar-refractivity contribution in [2.45, 2.75) is 0 Å². The lowest BCUT2D eigenvalue weighted by Crippen LogP contribution is -1.98. The topological polar surface area (TPSA) is 56.7 Å². The number of rotatable bonds is 5. The molecule has 9 rings (SSSR count). The van der Waals surface area contributed by atoms with E-state index in [2.05, 4.69) is 102 Å². The van der Waals surface area contributed by atoms with Crippen LogP contribution in [-0.4, -0.2) is 19.5 Å². The molecule has 3 aromatic heterocycles. The summed E-state index contributed by atoms with van der Waals surface area (Å²) in [6, 6.07) is 49.9. The molecule has 216 valence electrons. The zero-order chi connectivity index (χ0) is 30.5. The molecule has 0 radical (unpaired) electrons. The maximum Gasteiger partial charge on any atom is 0.159 e. The summed E-state index contributed by atoms with van der Waals surface area (Å²) in [4.78, 5) is 14.5. The van der Waals surface area contributed by atoms with Gasteiger partial charge < -0.3 is 4.42 Å². The SMILES string of the molecule is c1ccc(-c2cccc3oc4c(-c5ccc(-c6ncc(-c7nc8ccccc8n7-c7ccccc7)cn6)cc5)cccc4c23)cc1. The first-order valence-corrected chi connectivity index (χ1v) is 15.3. The van der Waals surface area contributed by atoms with Crippen LogP contribution in [0.1, 0.15) is 0 Å². The highest BCUT2D eigenvalue weighted by molar-refractivity contribution is 6.15. The summed E-state index contributed by atoms with van der Waals surface area (Å²) in [7, 11) is 0. The Morgan fingerprint density at radius 2 is 1.15 bits per heavy atom. The maximum absolute atomic E-state index is 6.50. The highest BCUT2D eigenvalue weighted by Gasteiger charge is 2.17. The Kier molecular flexibility index (Phi) is 6.06. The van der Waals surface area contributed by atoms with Gasteiger partial charge in [0.1, 0.15) is 17.0 Å². The van der Waals surface area contributed by atoms with Crippen molar-refractivity contribution in [2.24, 2.45) is 0 Å². The van der Waals surface area contributed by atoms with Gasteiger partial charge in [-0.2, -0.15) is 0 Å². The highest BCUT2D eigenvalue weighted by Crippen LogP contribution is 2.40. The maximum atomic E-state index is 6.50. The third-order valence-electron chi connectivity index (χ3n) is 8.55. The minimum atomic E-state index is 0.659. The monoisotopic (exact) mass is 590 g/mol. The molecule has 0 N–H and O–H groups in total. The van der Waals surface area contributed by atoms with Gasteiger partial charge in [0.2, 0.25) is 0 Å². The van der Waals surface area contributed by atoms with Crippen LogP contribution in [0.2, 0.25) is 0 Å². The van der Waals surface area contributed by atoms with Crippen molar-refractivity contribution in [2.75, 3.05) is 0 Å². The summed E-state index contributed by atoms with van der Waals surface area (Å²) in [5.41, 5.74) is 11.0. The van der Waals surface area contributed by atoms with Crippen LogP contribution in [0.15, 0.2) is 162 Å². The number of fused-ring (bicyclic) bond motifs is 4. The van der Waals surface area contributed by atoms with Gasteiger partial charge in [-0.05, 0) is 47.0 Å². The average Bonchev–Trinajstić information content (AvgIpc) is 3.72. The molecule has 0 aliphatic carbocycles. The lowest BCUT2D eigenvalue weighted by atomic mass is 9.97. The van der Waals surface area contributed by atoms with E-state index in [1.54, 1.807) is 0 Å². The summed E-state index contributed by atoms with van der Waals surface area (Å²) in [5.74, 6) is 1.47. The van der Waals surface area contributed by atoms with Gasteiger partial charge in [-0.3, -0.25) is 4.57 Å². The second kappa shape index (κ2) is 10.7. The molecule has 0 atom stereocenters. The molecule has 0 aliphatic heterocycles. The normalized spacial score (nSPS) is 11.5. The Bertz CT molecular complexity index is 2500. The predicted octanol–water partition coefficient (Wildman–Crippen LogP) is 10.4. The van der Waals surface area contributed by atoms with Crippen LogP contribution in [0.25, 0.3) is 83.7 Å². The van der Waals surface area contributed by atoms with E-state index in [-0.39, 0.29) is 0 Å². The molecule has 0 amide bonds. The molecule has 0 bridgehead atoms. The number of para-hydroxylation sites is 4. The number of benzene rings is 6. The zero-order valence-electron chi connectivity index (χ0n) is 24.7. The Morgan fingerprint density at radius 3 is 1.96 bits per heavy atom. The summed E-state index contributed by atoms with van der Waals surface area (Å²) >= 11 is 0. The van der Waals surface area contributed by atoms with E-state index in [1.807, 2.05) is 60.9 Å². The van der Waals surface area contributed by atoms with Crippen LogP contribution in [0.3, 0.4) is 0 Å². The molecule has 0 aliphatic rings. The van der Waals surface area contributed by atoms with Gasteiger partial charge in [0.25, 0.3) is 0 Å². The first-order valence-electron chi connectivity index (χ1n) is 15.3. The molecule has 3 heterocycles. The number of furan rings is 1. The summed E-state index contributed by atoms with van der Waals surface area (Å²) in [6.07, 6.45) is 3.71. The van der Waals surface area contributed by atoms with E-state index in [1.165, 1.54) is 11.1 Å². The molecule has 0 unspecified atom stereocenters. The minimum Gasteiger partial charge on any atom is -0.455 e. The van der Waals surface area contributed by atoms with E-state index in [0.29, 0.717) is 5.82 Å². The Labute approximate surface area is 265 Å². The molecule has 46 heavy (non-hydrogen) atoms. The average molecular weight is 591 g/mol. The predicted molar refractivity (Wildman–Crippen MR) is 186 cm³/mol. The van der Waals surface area contributed by atoms with E-state index < -0.39 is 0 Å². The third kappa shape index (κ3) is 4.29. The smallest absolute Gasteiger partial charge is 0.159 e. The van der Waals surface area contributed by atoms with Gasteiger partial charge in [-0.25, -0.2) is 15.0 Å². The molecular formula is C41H26N4O. The fourth-order valence-corrected chi connectivity index (χ4v) is 6.38. The molecule has 6 aromatic carbocycles. The number of aromatic nitrogens is 4. The van der Waals surface area contributed by atoms with Crippen molar-refractivity contribution in [3.63, 3.8) is 0 Å². The van der Waals surface area contributed by atoms with Crippen LogP contribution in [0.5, 0.6) is 0 Å². The van der Waals surface area contributed by atoms with Crippen molar-refractivity contribution >= 4 is 33.0 Å². The molecule has 5 nitrogen and oxygen atoms in total. The van der Waals surface area contributed by atoms with Crippen molar-refractivity contribution in [3.05, 3.63) is 158 Å². The molecule has 5 heteroatoms. The first-order chi connectivity index (χ1) is 22.8. The minimum absolute atomic E-state index is 0.659. The van der Waals surface area contributed by atoms with Gasteiger partial charge >= 0.3 is 0 Å². The van der Waals surface area contributed by atoms with Crippen molar-refractivity contribution in [3.8, 4) is 50.7 Å². The van der Waals surface area contributed by atoms with Crippen LogP contribution >= 0.6 is 0 Å². The number of imidazole rings is 1. The van der Waals surface area contributed by atoms with Gasteiger partial charge in [-0.1, -0.05) is 115 Å². The standard InChI is InChI=1S/C41H26N4O/c1-3-11-27(12-4-1)32-15-10-20-37-38(32)34-17-9-16-33(39(34)46-37)28-21-23-29(24-22-28)40-42-25-30(26-43-40)41-44-35-18-7-8-19-36(35)45(41)31-13-5-2-6-14-31/h1-26H. The molecule has 0 spiro atoms. The fourth-order valence-electron chi connectivity index (χ4n) is 6.38. The second-order valence-electron chi connectivity index (χ2n) is 11.3. The van der Waals surface area contributed by atoms with E-state index in [0.717, 1.165) is 66.7 Å². The van der Waals surface area contributed by atoms with Gasteiger partial charge in [0.15, 0.2) is 5.82 Å². The van der Waals surface area contributed by atoms with Gasteiger partial charge in [-0.15, -0.1) is 0 Å². The molecule has 9 aromatic rings. The number of hydrogen-bond donors (Lipinski definition) is 0.